The zero-order chi connectivity index (χ0) is 17.2. The van der Waals surface area contributed by atoms with Crippen LogP contribution in [0.2, 0.25) is 0 Å². The van der Waals surface area contributed by atoms with Gasteiger partial charge in [-0.25, -0.2) is 9.78 Å². The maximum Gasteiger partial charge on any atom is 0.352 e. The maximum atomic E-state index is 12.2. The summed E-state index contributed by atoms with van der Waals surface area (Å²) in [5, 5.41) is 19.9. The van der Waals surface area contributed by atoms with E-state index in [9.17, 15) is 9.59 Å². The predicted octanol–water partition coefficient (Wildman–Crippen LogP) is 1.73. The van der Waals surface area contributed by atoms with Gasteiger partial charge in [-0.15, -0.1) is 12.3 Å². The molecular weight excluding hydrogens is 310 g/mol. The molecule has 0 aliphatic carbocycles. The number of fused-ring (bicyclic) bond motifs is 1. The Morgan fingerprint density at radius 1 is 1.33 bits per heavy atom. The first kappa shape index (κ1) is 15.7. The third-order valence-corrected chi connectivity index (χ3v) is 3.81. The van der Waals surface area contributed by atoms with Crippen LogP contribution in [0.3, 0.4) is 0 Å². The molecule has 0 radical (unpaired) electrons. The highest BCUT2D eigenvalue weighted by molar-refractivity contribution is 5.93. The summed E-state index contributed by atoms with van der Waals surface area (Å²) in [7, 11) is 0. The van der Waals surface area contributed by atoms with E-state index in [0.717, 1.165) is 0 Å². The van der Waals surface area contributed by atoms with Gasteiger partial charge in [-0.05, 0) is 12.1 Å². The van der Waals surface area contributed by atoms with Gasteiger partial charge >= 0.3 is 5.97 Å². The maximum absolute atomic E-state index is 12.2. The fraction of sp³-hybridized carbons (Fsp3) is 0.312. The van der Waals surface area contributed by atoms with E-state index in [0.29, 0.717) is 31.5 Å². The standard InChI is InChI=1S/C16H15N5O3/c1-2-3-7-16(19-20-16)8-9-17-14(22)11-10-21-12(15(23)24)5-4-6-13(21)18-11/h1,4-6,10H,3,7-9H2,(H,17,22)(H,23,24). The van der Waals surface area contributed by atoms with E-state index in [2.05, 4.69) is 26.4 Å². The summed E-state index contributed by atoms with van der Waals surface area (Å²) in [5.74, 6) is 1.09. The molecule has 8 heteroatoms. The number of imidazole rings is 1. The molecule has 0 unspecified atom stereocenters. The number of pyridine rings is 1. The molecule has 3 heterocycles. The Balaban J connectivity index is 1.64. The summed E-state index contributed by atoms with van der Waals surface area (Å²) in [6, 6.07) is 4.67. The van der Waals surface area contributed by atoms with Crippen LogP contribution in [-0.4, -0.2) is 38.6 Å². The lowest BCUT2D eigenvalue weighted by molar-refractivity contribution is 0.0688. The van der Waals surface area contributed by atoms with Crippen LogP contribution in [0.5, 0.6) is 0 Å². The van der Waals surface area contributed by atoms with Crippen LogP contribution >= 0.6 is 0 Å². The van der Waals surface area contributed by atoms with Crippen LogP contribution in [0.4, 0.5) is 0 Å². The smallest absolute Gasteiger partial charge is 0.352 e. The number of carboxylic acids is 1. The first-order chi connectivity index (χ1) is 11.5. The van der Waals surface area contributed by atoms with Gasteiger partial charge in [-0.1, -0.05) is 6.07 Å². The van der Waals surface area contributed by atoms with Crippen LogP contribution in [0.25, 0.3) is 5.65 Å². The fourth-order valence-electron chi connectivity index (χ4n) is 2.43. The number of rotatable bonds is 7. The number of aromatic nitrogens is 2. The van der Waals surface area contributed by atoms with Gasteiger partial charge in [0.25, 0.3) is 5.91 Å². The minimum atomic E-state index is -1.09. The van der Waals surface area contributed by atoms with Crippen molar-refractivity contribution in [2.24, 2.45) is 10.2 Å². The normalized spacial score (nSPS) is 14.3. The number of carbonyl (C=O) groups is 2. The summed E-state index contributed by atoms with van der Waals surface area (Å²) in [6.07, 6.45) is 8.48. The molecule has 2 N–H and O–H groups in total. The zero-order valence-corrected chi connectivity index (χ0v) is 12.8. The largest absolute Gasteiger partial charge is 0.477 e. The van der Waals surface area contributed by atoms with Gasteiger partial charge in [0.15, 0.2) is 5.66 Å². The monoisotopic (exact) mass is 325 g/mol. The highest BCUT2D eigenvalue weighted by Gasteiger charge is 2.38. The van der Waals surface area contributed by atoms with Crippen LogP contribution in [0.15, 0.2) is 34.6 Å². The number of hydrogen-bond donors (Lipinski definition) is 2. The number of aromatic carboxylic acids is 1. The van der Waals surface area contributed by atoms with Gasteiger partial charge < -0.3 is 10.4 Å². The van der Waals surface area contributed by atoms with Crippen molar-refractivity contribution in [2.75, 3.05) is 6.54 Å². The van der Waals surface area contributed by atoms with Crippen LogP contribution < -0.4 is 5.32 Å². The summed E-state index contributed by atoms with van der Waals surface area (Å²) in [4.78, 5) is 27.5. The lowest BCUT2D eigenvalue weighted by atomic mass is 10.0. The summed E-state index contributed by atoms with van der Waals surface area (Å²) in [5.41, 5.74) is 0.154. The van der Waals surface area contributed by atoms with Gasteiger partial charge in [0, 0.05) is 32.0 Å². The Bertz CT molecular complexity index is 871. The second-order valence-corrected chi connectivity index (χ2v) is 5.46. The van der Waals surface area contributed by atoms with Crippen LogP contribution in [0, 0.1) is 12.3 Å². The average Bonchev–Trinajstić information content (AvgIpc) is 3.19. The Labute approximate surface area is 137 Å². The van der Waals surface area contributed by atoms with E-state index in [1.54, 1.807) is 12.1 Å². The van der Waals surface area contributed by atoms with Gasteiger partial charge in [0.1, 0.15) is 17.0 Å². The van der Waals surface area contributed by atoms with E-state index >= 15 is 0 Å². The molecule has 3 rings (SSSR count). The van der Waals surface area contributed by atoms with Crippen molar-refractivity contribution in [3.8, 4) is 12.3 Å². The van der Waals surface area contributed by atoms with Crippen molar-refractivity contribution in [3.05, 3.63) is 35.8 Å². The number of carboxylic acid groups (broad SMARTS) is 1. The molecule has 0 bridgehead atoms. The van der Waals surface area contributed by atoms with E-state index in [-0.39, 0.29) is 17.3 Å². The minimum absolute atomic E-state index is 0.0443. The molecule has 122 valence electrons. The molecule has 24 heavy (non-hydrogen) atoms. The quantitative estimate of drug-likeness (QED) is 0.756. The van der Waals surface area contributed by atoms with Crippen molar-refractivity contribution in [3.63, 3.8) is 0 Å². The van der Waals surface area contributed by atoms with Gasteiger partial charge in [-0.2, -0.15) is 10.2 Å². The number of nitrogens with zero attached hydrogens (tertiary/aromatic N) is 4. The Morgan fingerprint density at radius 3 is 2.79 bits per heavy atom. The molecule has 1 aliphatic rings. The van der Waals surface area contributed by atoms with Crippen LogP contribution in [-0.2, 0) is 0 Å². The van der Waals surface area contributed by atoms with Crippen molar-refractivity contribution in [2.45, 2.75) is 24.9 Å². The second kappa shape index (κ2) is 6.12. The SMILES string of the molecule is C#CCCC1(CCNC(=O)c2cn3c(C(=O)O)cccc3n2)N=N1. The summed E-state index contributed by atoms with van der Waals surface area (Å²) < 4.78 is 1.37. The van der Waals surface area contributed by atoms with Crippen molar-refractivity contribution in [1.29, 1.82) is 0 Å². The molecule has 1 aliphatic heterocycles. The highest BCUT2D eigenvalue weighted by atomic mass is 16.4. The number of carbonyl (C=O) groups excluding carboxylic acids is 1. The van der Waals surface area contributed by atoms with E-state index in [1.165, 1.54) is 16.7 Å². The zero-order valence-electron chi connectivity index (χ0n) is 12.8. The lowest BCUT2D eigenvalue weighted by Gasteiger charge is -2.08. The first-order valence-corrected chi connectivity index (χ1v) is 7.42. The fourth-order valence-corrected chi connectivity index (χ4v) is 2.43. The molecule has 0 atom stereocenters. The summed E-state index contributed by atoms with van der Waals surface area (Å²) >= 11 is 0. The highest BCUT2D eigenvalue weighted by Crippen LogP contribution is 2.36. The van der Waals surface area contributed by atoms with E-state index < -0.39 is 11.6 Å². The predicted molar refractivity (Wildman–Crippen MR) is 84.8 cm³/mol. The third-order valence-electron chi connectivity index (χ3n) is 3.81. The molecular formula is C16H15N5O3. The van der Waals surface area contributed by atoms with Crippen molar-refractivity contribution < 1.29 is 14.7 Å². The van der Waals surface area contributed by atoms with E-state index in [1.807, 2.05) is 0 Å². The molecule has 0 spiro atoms. The molecule has 0 saturated carbocycles. The average molecular weight is 325 g/mol. The van der Waals surface area contributed by atoms with Crippen molar-refractivity contribution >= 4 is 17.5 Å². The Morgan fingerprint density at radius 2 is 2.12 bits per heavy atom. The van der Waals surface area contributed by atoms with Crippen molar-refractivity contribution in [1.82, 2.24) is 14.7 Å². The second-order valence-electron chi connectivity index (χ2n) is 5.46. The molecule has 0 aromatic carbocycles. The Kier molecular flexibility index (Phi) is 4.00. The molecule has 2 aromatic heterocycles. The van der Waals surface area contributed by atoms with Gasteiger partial charge in [0.05, 0.1) is 0 Å². The van der Waals surface area contributed by atoms with E-state index in [4.69, 9.17) is 11.5 Å². The third kappa shape index (κ3) is 3.10. The molecule has 0 saturated heterocycles. The number of hydrogen-bond acceptors (Lipinski definition) is 5. The minimum Gasteiger partial charge on any atom is -0.477 e. The lowest BCUT2D eigenvalue weighted by Crippen LogP contribution is -2.28. The number of terminal acetylenes is 1. The number of amides is 1. The molecule has 1 amide bonds. The topological polar surface area (TPSA) is 108 Å². The van der Waals surface area contributed by atoms with Gasteiger partial charge in [0.2, 0.25) is 0 Å². The first-order valence-electron chi connectivity index (χ1n) is 7.42. The number of nitrogens with one attached hydrogen (secondary N) is 1. The molecule has 2 aromatic rings. The molecule has 0 fully saturated rings. The molecule has 8 nitrogen and oxygen atoms in total. The van der Waals surface area contributed by atoms with Crippen LogP contribution in [0.1, 0.15) is 40.2 Å². The van der Waals surface area contributed by atoms with Gasteiger partial charge in [-0.3, -0.25) is 9.20 Å². The summed E-state index contributed by atoms with van der Waals surface area (Å²) in [6.45, 7) is 0.385. The Hall–Kier alpha value is -3.21.